The molecule has 1 aromatic rings. The average molecular weight is 269 g/mol. The maximum atomic E-state index is 11.0. The molecule has 18 heavy (non-hydrogen) atoms. The van der Waals surface area contributed by atoms with Crippen molar-refractivity contribution in [2.45, 2.75) is 39.0 Å². The number of esters is 1. The molecule has 1 N–H and O–H groups in total. The molecule has 1 heterocycles. The zero-order valence-electron chi connectivity index (χ0n) is 11.7. The zero-order chi connectivity index (χ0) is 13.6. The molecule has 1 aromatic heterocycles. The van der Waals surface area contributed by atoms with Crippen molar-refractivity contribution < 1.29 is 9.53 Å². The fourth-order valence-corrected chi connectivity index (χ4v) is 3.06. The summed E-state index contributed by atoms with van der Waals surface area (Å²) >= 11 is 1.81. The summed E-state index contributed by atoms with van der Waals surface area (Å²) in [5, 5.41) is 5.56. The van der Waals surface area contributed by atoms with E-state index in [1.54, 1.807) is 0 Å². The molecule has 0 bridgehead atoms. The van der Waals surface area contributed by atoms with Gasteiger partial charge < -0.3 is 10.1 Å². The van der Waals surface area contributed by atoms with Crippen molar-refractivity contribution in [3.63, 3.8) is 0 Å². The third-order valence-electron chi connectivity index (χ3n) is 3.01. The second-order valence-corrected chi connectivity index (χ2v) is 6.09. The molecular formula is C14H23NO2S. The minimum atomic E-state index is -0.134. The second-order valence-electron chi connectivity index (χ2n) is 5.17. The first-order chi connectivity index (χ1) is 8.47. The lowest BCUT2D eigenvalue weighted by molar-refractivity contribution is -0.140. The normalized spacial score (nSPS) is 11.6. The van der Waals surface area contributed by atoms with E-state index in [9.17, 15) is 4.79 Å². The SMILES string of the molecule is COC(=O)CCCNCC(C)(C)c1sccc1C. The Bertz CT molecular complexity index is 385. The number of aryl methyl sites for hydroxylation is 1. The molecule has 0 fully saturated rings. The largest absolute Gasteiger partial charge is 0.469 e. The Morgan fingerprint density at radius 1 is 1.50 bits per heavy atom. The van der Waals surface area contributed by atoms with Crippen LogP contribution in [0.2, 0.25) is 0 Å². The lowest BCUT2D eigenvalue weighted by atomic mass is 9.89. The number of rotatable bonds is 7. The third-order valence-corrected chi connectivity index (χ3v) is 4.39. The van der Waals surface area contributed by atoms with Crippen molar-refractivity contribution in [1.29, 1.82) is 0 Å². The topological polar surface area (TPSA) is 38.3 Å². The molecule has 0 atom stereocenters. The Morgan fingerprint density at radius 3 is 2.78 bits per heavy atom. The van der Waals surface area contributed by atoms with Crippen molar-refractivity contribution in [2.24, 2.45) is 0 Å². The Labute approximate surface area is 114 Å². The van der Waals surface area contributed by atoms with Crippen molar-refractivity contribution in [1.82, 2.24) is 5.32 Å². The minimum Gasteiger partial charge on any atom is -0.469 e. The lowest BCUT2D eigenvalue weighted by Gasteiger charge is -2.25. The van der Waals surface area contributed by atoms with E-state index in [2.05, 4.69) is 42.3 Å². The van der Waals surface area contributed by atoms with Crippen LogP contribution in [0.15, 0.2) is 11.4 Å². The molecular weight excluding hydrogens is 246 g/mol. The van der Waals surface area contributed by atoms with Crippen molar-refractivity contribution in [3.8, 4) is 0 Å². The molecule has 0 radical (unpaired) electrons. The van der Waals surface area contributed by atoms with Gasteiger partial charge in [0.05, 0.1) is 7.11 Å². The Morgan fingerprint density at radius 2 is 2.22 bits per heavy atom. The lowest BCUT2D eigenvalue weighted by Crippen LogP contribution is -2.33. The highest BCUT2D eigenvalue weighted by atomic mass is 32.1. The van der Waals surface area contributed by atoms with Crippen molar-refractivity contribution in [3.05, 3.63) is 21.9 Å². The maximum Gasteiger partial charge on any atom is 0.305 e. The van der Waals surface area contributed by atoms with Gasteiger partial charge in [0.15, 0.2) is 0 Å². The third kappa shape index (κ3) is 4.42. The van der Waals surface area contributed by atoms with Crippen LogP contribution in [0.4, 0.5) is 0 Å². The van der Waals surface area contributed by atoms with E-state index in [1.165, 1.54) is 17.6 Å². The van der Waals surface area contributed by atoms with Gasteiger partial charge in [-0.05, 0) is 36.9 Å². The Hall–Kier alpha value is -0.870. The highest BCUT2D eigenvalue weighted by molar-refractivity contribution is 7.10. The van der Waals surface area contributed by atoms with E-state index in [0.29, 0.717) is 6.42 Å². The summed E-state index contributed by atoms with van der Waals surface area (Å²) in [7, 11) is 1.43. The molecule has 0 spiro atoms. The summed E-state index contributed by atoms with van der Waals surface area (Å²) in [5.41, 5.74) is 1.50. The summed E-state index contributed by atoms with van der Waals surface area (Å²) in [5.74, 6) is -0.134. The highest BCUT2D eigenvalue weighted by Gasteiger charge is 2.23. The minimum absolute atomic E-state index is 0.134. The Kier molecular flexibility index (Phi) is 5.82. The van der Waals surface area contributed by atoms with Gasteiger partial charge in [-0.1, -0.05) is 13.8 Å². The zero-order valence-corrected chi connectivity index (χ0v) is 12.5. The molecule has 4 heteroatoms. The number of thiophene rings is 1. The fraction of sp³-hybridized carbons (Fsp3) is 0.643. The van der Waals surface area contributed by atoms with Gasteiger partial charge in [-0.25, -0.2) is 0 Å². The van der Waals surface area contributed by atoms with Gasteiger partial charge >= 0.3 is 5.97 Å². The molecule has 0 aliphatic rings. The van der Waals surface area contributed by atoms with Gasteiger partial charge in [-0.15, -0.1) is 11.3 Å². The van der Waals surface area contributed by atoms with Crippen LogP contribution in [0.5, 0.6) is 0 Å². The van der Waals surface area contributed by atoms with Gasteiger partial charge in [0.2, 0.25) is 0 Å². The number of nitrogens with one attached hydrogen (secondary N) is 1. The molecule has 0 saturated heterocycles. The summed E-state index contributed by atoms with van der Waals surface area (Å²) in [6.07, 6.45) is 1.31. The number of ether oxygens (including phenoxy) is 1. The van der Waals surface area contributed by atoms with Crippen LogP contribution in [0.25, 0.3) is 0 Å². The van der Waals surface area contributed by atoms with E-state index in [1.807, 2.05) is 11.3 Å². The standard InChI is InChI=1S/C14H23NO2S/c1-11-7-9-18-13(11)14(2,3)10-15-8-5-6-12(16)17-4/h7,9,15H,5-6,8,10H2,1-4H3. The molecule has 0 unspecified atom stereocenters. The summed E-state index contributed by atoms with van der Waals surface area (Å²) in [6.45, 7) is 8.43. The van der Waals surface area contributed by atoms with Crippen LogP contribution in [-0.4, -0.2) is 26.2 Å². The quantitative estimate of drug-likeness (QED) is 0.611. The van der Waals surface area contributed by atoms with Crippen LogP contribution in [0, 0.1) is 6.92 Å². The van der Waals surface area contributed by atoms with E-state index in [0.717, 1.165) is 19.5 Å². The van der Waals surface area contributed by atoms with E-state index >= 15 is 0 Å². The molecule has 1 rings (SSSR count). The van der Waals surface area contributed by atoms with E-state index in [-0.39, 0.29) is 11.4 Å². The molecule has 0 aliphatic heterocycles. The average Bonchev–Trinajstić information content (AvgIpc) is 2.75. The Balaban J connectivity index is 2.30. The van der Waals surface area contributed by atoms with Crippen LogP contribution < -0.4 is 5.32 Å². The number of hydrogen-bond acceptors (Lipinski definition) is 4. The monoisotopic (exact) mass is 269 g/mol. The summed E-state index contributed by atoms with van der Waals surface area (Å²) in [4.78, 5) is 12.4. The van der Waals surface area contributed by atoms with Crippen molar-refractivity contribution in [2.75, 3.05) is 20.2 Å². The first-order valence-electron chi connectivity index (χ1n) is 6.29. The second kappa shape index (κ2) is 6.90. The predicted octanol–water partition coefficient (Wildman–Crippen LogP) is 2.88. The molecule has 3 nitrogen and oxygen atoms in total. The summed E-state index contributed by atoms with van der Waals surface area (Å²) in [6, 6.07) is 2.17. The van der Waals surface area contributed by atoms with Crippen molar-refractivity contribution >= 4 is 17.3 Å². The van der Waals surface area contributed by atoms with Gasteiger partial charge in [-0.2, -0.15) is 0 Å². The van der Waals surface area contributed by atoms with Crippen LogP contribution in [0.1, 0.15) is 37.1 Å². The summed E-state index contributed by atoms with van der Waals surface area (Å²) < 4.78 is 4.61. The smallest absolute Gasteiger partial charge is 0.305 e. The number of carbonyl (C=O) groups excluding carboxylic acids is 1. The fourth-order valence-electron chi connectivity index (χ4n) is 2.01. The molecule has 0 amide bonds. The number of methoxy groups -OCH3 is 1. The first kappa shape index (κ1) is 15.2. The van der Waals surface area contributed by atoms with Gasteiger partial charge in [0, 0.05) is 23.3 Å². The van der Waals surface area contributed by atoms with E-state index < -0.39 is 0 Å². The molecule has 0 aliphatic carbocycles. The van der Waals surface area contributed by atoms with Crippen LogP contribution in [-0.2, 0) is 14.9 Å². The highest BCUT2D eigenvalue weighted by Crippen LogP contribution is 2.30. The van der Waals surface area contributed by atoms with E-state index in [4.69, 9.17) is 0 Å². The molecule has 102 valence electrons. The van der Waals surface area contributed by atoms with Crippen LogP contribution in [0.3, 0.4) is 0 Å². The molecule has 0 aromatic carbocycles. The number of hydrogen-bond donors (Lipinski definition) is 1. The van der Waals surface area contributed by atoms with Gasteiger partial charge in [-0.3, -0.25) is 4.79 Å². The number of carbonyl (C=O) groups is 1. The van der Waals surface area contributed by atoms with Gasteiger partial charge in [0.25, 0.3) is 0 Å². The van der Waals surface area contributed by atoms with Crippen LogP contribution >= 0.6 is 11.3 Å². The first-order valence-corrected chi connectivity index (χ1v) is 7.17. The van der Waals surface area contributed by atoms with Gasteiger partial charge in [0.1, 0.15) is 0 Å². The maximum absolute atomic E-state index is 11.0. The predicted molar refractivity (Wildman–Crippen MR) is 76.2 cm³/mol. The molecule has 0 saturated carbocycles.